The summed E-state index contributed by atoms with van der Waals surface area (Å²) in [6.45, 7) is 0. The number of fused-ring (bicyclic) bond motifs is 1. The topological polar surface area (TPSA) is 93.2 Å². The number of allylic oxidation sites excluding steroid dienone is 3. The summed E-state index contributed by atoms with van der Waals surface area (Å²) in [5, 5.41) is 10.0. The van der Waals surface area contributed by atoms with Crippen LogP contribution in [0, 0.1) is 11.3 Å². The summed E-state index contributed by atoms with van der Waals surface area (Å²) in [6, 6.07) is 15.3. The van der Waals surface area contributed by atoms with Gasteiger partial charge < -0.3 is 10.5 Å². The number of carbonyl (C=O) groups excluding carboxylic acids is 2. The molecule has 0 radical (unpaired) electrons. The van der Waals surface area contributed by atoms with Crippen LogP contribution in [0.25, 0.3) is 0 Å². The zero-order valence-corrected chi connectivity index (χ0v) is 14.1. The minimum atomic E-state index is -0.813. The molecule has 0 fully saturated rings. The molecule has 1 atom stereocenters. The molecule has 1 heterocycles. The van der Waals surface area contributed by atoms with Crippen LogP contribution in [0.15, 0.2) is 71.3 Å². The van der Waals surface area contributed by atoms with Crippen LogP contribution in [0.2, 0.25) is 5.02 Å². The van der Waals surface area contributed by atoms with Crippen LogP contribution in [-0.4, -0.2) is 11.6 Å². The Bertz CT molecular complexity index is 1090. The molecular formula is C20H11ClN2O3. The van der Waals surface area contributed by atoms with E-state index in [0.29, 0.717) is 10.6 Å². The largest absolute Gasteiger partial charge is 0.436 e. The molecule has 4 rings (SSSR count). The third-order valence-corrected chi connectivity index (χ3v) is 4.70. The number of rotatable bonds is 1. The Labute approximate surface area is 153 Å². The van der Waals surface area contributed by atoms with Gasteiger partial charge in [-0.15, -0.1) is 0 Å². The molecule has 0 saturated carbocycles. The Kier molecular flexibility index (Phi) is 3.64. The van der Waals surface area contributed by atoms with Crippen LogP contribution in [0.3, 0.4) is 0 Å². The van der Waals surface area contributed by atoms with Gasteiger partial charge in [0, 0.05) is 16.1 Å². The molecule has 0 bridgehead atoms. The lowest BCUT2D eigenvalue weighted by atomic mass is 9.75. The van der Waals surface area contributed by atoms with Crippen molar-refractivity contribution in [2.45, 2.75) is 5.92 Å². The molecule has 26 heavy (non-hydrogen) atoms. The minimum Gasteiger partial charge on any atom is -0.436 e. The number of carbonyl (C=O) groups is 2. The van der Waals surface area contributed by atoms with Gasteiger partial charge in [-0.05, 0) is 17.7 Å². The maximum absolute atomic E-state index is 13.1. The average Bonchev–Trinajstić information content (AvgIpc) is 2.65. The van der Waals surface area contributed by atoms with E-state index in [4.69, 9.17) is 22.1 Å². The fourth-order valence-electron chi connectivity index (χ4n) is 3.33. The maximum Gasteiger partial charge on any atom is 0.229 e. The van der Waals surface area contributed by atoms with Gasteiger partial charge in [0.05, 0.1) is 11.5 Å². The first-order chi connectivity index (χ1) is 12.5. The van der Waals surface area contributed by atoms with Gasteiger partial charge in [-0.1, -0.05) is 48.0 Å². The van der Waals surface area contributed by atoms with Crippen LogP contribution in [-0.2, 0) is 4.74 Å². The second kappa shape index (κ2) is 5.87. The first kappa shape index (κ1) is 16.1. The second-order valence-corrected chi connectivity index (χ2v) is 6.36. The summed E-state index contributed by atoms with van der Waals surface area (Å²) in [5.41, 5.74) is 7.21. The highest BCUT2D eigenvalue weighted by Crippen LogP contribution is 2.44. The second-order valence-electron chi connectivity index (χ2n) is 5.93. The summed E-state index contributed by atoms with van der Waals surface area (Å²) in [5.74, 6) is -1.92. The van der Waals surface area contributed by atoms with Crippen LogP contribution in [0.5, 0.6) is 0 Å². The Morgan fingerprint density at radius 2 is 1.73 bits per heavy atom. The van der Waals surface area contributed by atoms with Gasteiger partial charge in [0.25, 0.3) is 0 Å². The molecule has 1 unspecified atom stereocenters. The number of nitriles is 1. The summed E-state index contributed by atoms with van der Waals surface area (Å²) >= 11 is 6.08. The van der Waals surface area contributed by atoms with E-state index >= 15 is 0 Å². The quantitative estimate of drug-likeness (QED) is 0.838. The number of Topliss-reactive ketones (excluding diaryl/α,β-unsaturated/α-hetero) is 2. The van der Waals surface area contributed by atoms with Gasteiger partial charge >= 0.3 is 0 Å². The number of benzene rings is 2. The lowest BCUT2D eigenvalue weighted by Crippen LogP contribution is -2.32. The van der Waals surface area contributed by atoms with E-state index in [9.17, 15) is 14.9 Å². The molecule has 0 amide bonds. The lowest BCUT2D eigenvalue weighted by molar-refractivity contribution is 0.0897. The van der Waals surface area contributed by atoms with Crippen molar-refractivity contribution in [3.8, 4) is 6.07 Å². The molecule has 0 spiro atoms. The van der Waals surface area contributed by atoms with E-state index in [0.717, 1.165) is 0 Å². The van der Waals surface area contributed by atoms with Gasteiger partial charge in [0.15, 0.2) is 11.5 Å². The number of nitrogens with zero attached hydrogens (tertiary/aromatic N) is 1. The van der Waals surface area contributed by atoms with Crippen molar-refractivity contribution in [2.75, 3.05) is 0 Å². The van der Waals surface area contributed by atoms with E-state index in [1.54, 1.807) is 48.5 Å². The first-order valence-electron chi connectivity index (χ1n) is 7.78. The van der Waals surface area contributed by atoms with Gasteiger partial charge in [0.2, 0.25) is 11.7 Å². The lowest BCUT2D eigenvalue weighted by Gasteiger charge is -2.30. The number of nitrogens with two attached hydrogens (primary N) is 1. The number of ether oxygens (including phenoxy) is 1. The van der Waals surface area contributed by atoms with Crippen LogP contribution < -0.4 is 5.73 Å². The van der Waals surface area contributed by atoms with Gasteiger partial charge in [-0.3, -0.25) is 9.59 Å². The van der Waals surface area contributed by atoms with Crippen molar-refractivity contribution in [1.82, 2.24) is 0 Å². The Morgan fingerprint density at radius 1 is 1.04 bits per heavy atom. The van der Waals surface area contributed by atoms with Crippen molar-refractivity contribution >= 4 is 23.2 Å². The normalized spacial score (nSPS) is 18.8. The number of hydrogen-bond acceptors (Lipinski definition) is 5. The van der Waals surface area contributed by atoms with Gasteiger partial charge in [-0.2, -0.15) is 5.26 Å². The Morgan fingerprint density at radius 3 is 2.38 bits per heavy atom. The van der Waals surface area contributed by atoms with Crippen LogP contribution >= 0.6 is 11.6 Å². The van der Waals surface area contributed by atoms with E-state index in [-0.39, 0.29) is 39.7 Å². The highest BCUT2D eigenvalue weighted by Gasteiger charge is 2.43. The molecule has 2 N–H and O–H groups in total. The molecule has 1 aliphatic carbocycles. The highest BCUT2D eigenvalue weighted by molar-refractivity contribution is 6.30. The molecule has 2 aliphatic rings. The van der Waals surface area contributed by atoms with E-state index < -0.39 is 11.7 Å². The maximum atomic E-state index is 13.1. The van der Waals surface area contributed by atoms with E-state index in [1.807, 2.05) is 6.07 Å². The summed E-state index contributed by atoms with van der Waals surface area (Å²) in [6.07, 6.45) is 0. The fraction of sp³-hybridized carbons (Fsp3) is 0.0500. The Hall–Kier alpha value is -3.36. The van der Waals surface area contributed by atoms with Crippen molar-refractivity contribution in [1.29, 1.82) is 5.26 Å². The zero-order chi connectivity index (χ0) is 18.4. The monoisotopic (exact) mass is 362 g/mol. The highest BCUT2D eigenvalue weighted by atomic mass is 35.5. The van der Waals surface area contributed by atoms with Crippen molar-refractivity contribution in [3.05, 3.63) is 93.0 Å². The van der Waals surface area contributed by atoms with Crippen molar-refractivity contribution in [2.24, 2.45) is 5.73 Å². The fourth-order valence-corrected chi connectivity index (χ4v) is 3.52. The van der Waals surface area contributed by atoms with Gasteiger partial charge in [0.1, 0.15) is 11.6 Å². The molecule has 126 valence electrons. The zero-order valence-electron chi connectivity index (χ0n) is 13.3. The molecule has 2 aromatic rings. The van der Waals surface area contributed by atoms with E-state index in [1.165, 1.54) is 0 Å². The molecule has 2 aromatic carbocycles. The van der Waals surface area contributed by atoms with E-state index in [2.05, 4.69) is 0 Å². The average molecular weight is 363 g/mol. The smallest absolute Gasteiger partial charge is 0.229 e. The van der Waals surface area contributed by atoms with Crippen molar-refractivity contribution in [3.63, 3.8) is 0 Å². The summed E-state index contributed by atoms with van der Waals surface area (Å²) < 4.78 is 5.43. The summed E-state index contributed by atoms with van der Waals surface area (Å²) in [7, 11) is 0. The van der Waals surface area contributed by atoms with Crippen LogP contribution in [0.1, 0.15) is 32.2 Å². The SMILES string of the molecule is N#CC1=C(N)OC2=C(C(=O)c3ccccc3C2=O)C1c1cccc(Cl)c1. The summed E-state index contributed by atoms with van der Waals surface area (Å²) in [4.78, 5) is 26.0. The number of hydrogen-bond donors (Lipinski definition) is 1. The number of halogens is 1. The first-order valence-corrected chi connectivity index (χ1v) is 8.16. The van der Waals surface area contributed by atoms with Crippen LogP contribution in [0.4, 0.5) is 0 Å². The minimum absolute atomic E-state index is 0.0755. The third-order valence-electron chi connectivity index (χ3n) is 4.47. The Balaban J connectivity index is 1.99. The third kappa shape index (κ3) is 2.24. The molecule has 5 nitrogen and oxygen atoms in total. The van der Waals surface area contributed by atoms with Crippen molar-refractivity contribution < 1.29 is 14.3 Å². The van der Waals surface area contributed by atoms with Gasteiger partial charge in [-0.25, -0.2) is 0 Å². The molecular weight excluding hydrogens is 352 g/mol. The predicted molar refractivity (Wildman–Crippen MR) is 94.2 cm³/mol. The molecule has 6 heteroatoms. The predicted octanol–water partition coefficient (Wildman–Crippen LogP) is 3.48. The molecule has 0 aromatic heterocycles. The number of ketones is 2. The standard InChI is InChI=1S/C20H11ClN2O3/c21-11-5-3-4-10(8-11)15-14(9-22)20(23)26-19-16(15)17(24)12-6-1-2-7-13(12)18(19)25/h1-8,15H,23H2. The molecule has 1 aliphatic heterocycles. The molecule has 0 saturated heterocycles.